The van der Waals surface area contributed by atoms with Gasteiger partial charge in [-0.05, 0) is 49.7 Å². The molecular weight excluding hydrogens is 511 g/mol. The average Bonchev–Trinajstić information content (AvgIpc) is 3.52. The summed E-state index contributed by atoms with van der Waals surface area (Å²) >= 11 is 7.76. The molecule has 0 saturated heterocycles. The SMILES string of the molecule is CCOc1ccc(OCC(=O)N(CCCn2ccnc2)c2nc3c(OC)ccc(Cl)c3s2)cc1.Cl. The van der Waals surface area contributed by atoms with Gasteiger partial charge < -0.3 is 18.8 Å². The summed E-state index contributed by atoms with van der Waals surface area (Å²) in [7, 11) is 1.58. The molecule has 0 spiro atoms. The van der Waals surface area contributed by atoms with Gasteiger partial charge in [0.25, 0.3) is 5.91 Å². The molecule has 0 aliphatic carbocycles. The second kappa shape index (κ2) is 12.6. The van der Waals surface area contributed by atoms with E-state index < -0.39 is 0 Å². The third kappa shape index (κ3) is 6.56. The van der Waals surface area contributed by atoms with E-state index >= 15 is 0 Å². The number of hydrogen-bond donors (Lipinski definition) is 0. The van der Waals surface area contributed by atoms with E-state index in [1.165, 1.54) is 11.3 Å². The van der Waals surface area contributed by atoms with Crippen LogP contribution in [0.25, 0.3) is 10.2 Å². The number of hydrogen-bond acceptors (Lipinski definition) is 7. The minimum absolute atomic E-state index is 0. The van der Waals surface area contributed by atoms with Crippen molar-refractivity contribution in [3.05, 3.63) is 60.1 Å². The fourth-order valence-corrected chi connectivity index (χ4v) is 4.70. The maximum atomic E-state index is 13.3. The number of halogens is 2. The molecule has 4 aromatic rings. The Morgan fingerprint density at radius 2 is 1.89 bits per heavy atom. The van der Waals surface area contributed by atoms with Crippen LogP contribution in [0.2, 0.25) is 5.02 Å². The van der Waals surface area contributed by atoms with Gasteiger partial charge in [0.05, 0.1) is 29.8 Å². The highest BCUT2D eigenvalue weighted by Crippen LogP contribution is 2.38. The number of amides is 1. The molecule has 0 radical (unpaired) electrons. The lowest BCUT2D eigenvalue weighted by atomic mass is 10.3. The van der Waals surface area contributed by atoms with Gasteiger partial charge >= 0.3 is 0 Å². The lowest BCUT2D eigenvalue weighted by Crippen LogP contribution is -2.36. The Bertz CT molecular complexity index is 1230. The first-order valence-corrected chi connectivity index (χ1v) is 12.0. The summed E-state index contributed by atoms with van der Waals surface area (Å²) in [6.07, 6.45) is 6.09. The van der Waals surface area contributed by atoms with Crippen molar-refractivity contribution < 1.29 is 19.0 Å². The lowest BCUT2D eigenvalue weighted by molar-refractivity contribution is -0.120. The molecule has 0 fully saturated rings. The molecule has 8 nitrogen and oxygen atoms in total. The Balaban J connectivity index is 0.00000342. The molecular formula is C24H26Cl2N4O4S. The average molecular weight is 537 g/mol. The molecule has 0 saturated carbocycles. The number of methoxy groups -OCH3 is 1. The number of fused-ring (bicyclic) bond motifs is 1. The largest absolute Gasteiger partial charge is 0.494 e. The van der Waals surface area contributed by atoms with Crippen molar-refractivity contribution >= 4 is 56.6 Å². The molecule has 35 heavy (non-hydrogen) atoms. The minimum Gasteiger partial charge on any atom is -0.494 e. The van der Waals surface area contributed by atoms with Crippen molar-refractivity contribution in [2.75, 3.05) is 31.8 Å². The van der Waals surface area contributed by atoms with Crippen LogP contribution in [0, 0.1) is 0 Å². The summed E-state index contributed by atoms with van der Waals surface area (Å²) in [6, 6.07) is 10.7. The summed E-state index contributed by atoms with van der Waals surface area (Å²) in [5.74, 6) is 1.75. The van der Waals surface area contributed by atoms with Crippen LogP contribution in [0.4, 0.5) is 5.13 Å². The second-order valence-corrected chi connectivity index (χ2v) is 8.70. The zero-order valence-electron chi connectivity index (χ0n) is 19.3. The topological polar surface area (TPSA) is 78.7 Å². The molecule has 0 N–H and O–H groups in total. The third-order valence-corrected chi connectivity index (χ3v) is 6.59. The number of thiazole rings is 1. The number of carbonyl (C=O) groups excluding carboxylic acids is 1. The summed E-state index contributed by atoms with van der Waals surface area (Å²) in [5.41, 5.74) is 0.634. The van der Waals surface area contributed by atoms with Crippen LogP contribution in [0.1, 0.15) is 13.3 Å². The molecule has 0 atom stereocenters. The van der Waals surface area contributed by atoms with E-state index in [9.17, 15) is 4.79 Å². The molecule has 186 valence electrons. The van der Waals surface area contributed by atoms with Crippen molar-refractivity contribution in [3.63, 3.8) is 0 Å². The summed E-state index contributed by atoms with van der Waals surface area (Å²) in [6.45, 7) is 3.57. The summed E-state index contributed by atoms with van der Waals surface area (Å²) in [5, 5.41) is 1.11. The lowest BCUT2D eigenvalue weighted by Gasteiger charge is -2.20. The first-order chi connectivity index (χ1) is 16.6. The van der Waals surface area contributed by atoms with Crippen LogP contribution in [0.3, 0.4) is 0 Å². The molecule has 2 aromatic heterocycles. The van der Waals surface area contributed by atoms with Crippen LogP contribution in [-0.4, -0.2) is 47.3 Å². The molecule has 0 aliphatic heterocycles. The highest BCUT2D eigenvalue weighted by molar-refractivity contribution is 7.23. The first kappa shape index (κ1) is 26.6. The van der Waals surface area contributed by atoms with Gasteiger partial charge in [0.2, 0.25) is 0 Å². The van der Waals surface area contributed by atoms with Gasteiger partial charge in [-0.2, -0.15) is 0 Å². The zero-order chi connectivity index (χ0) is 23.9. The van der Waals surface area contributed by atoms with Gasteiger partial charge in [-0.1, -0.05) is 22.9 Å². The summed E-state index contributed by atoms with van der Waals surface area (Å²) < 4.78 is 19.4. The predicted molar refractivity (Wildman–Crippen MR) is 141 cm³/mol. The highest BCUT2D eigenvalue weighted by atomic mass is 35.5. The number of carbonyl (C=O) groups is 1. The fraction of sp³-hybridized carbons (Fsp3) is 0.292. The smallest absolute Gasteiger partial charge is 0.266 e. The second-order valence-electron chi connectivity index (χ2n) is 7.32. The maximum Gasteiger partial charge on any atom is 0.266 e. The van der Waals surface area contributed by atoms with Crippen LogP contribution < -0.4 is 19.1 Å². The fourth-order valence-electron chi connectivity index (χ4n) is 3.40. The Morgan fingerprint density at radius 1 is 1.14 bits per heavy atom. The number of rotatable bonds is 11. The van der Waals surface area contributed by atoms with Gasteiger partial charge in [0.1, 0.15) is 22.8 Å². The van der Waals surface area contributed by atoms with Crippen molar-refractivity contribution in [2.24, 2.45) is 0 Å². The van der Waals surface area contributed by atoms with Gasteiger partial charge in [-0.15, -0.1) is 12.4 Å². The number of nitrogens with zero attached hydrogens (tertiary/aromatic N) is 4. The van der Waals surface area contributed by atoms with Gasteiger partial charge in [-0.25, -0.2) is 9.97 Å². The van der Waals surface area contributed by atoms with Crippen molar-refractivity contribution in [2.45, 2.75) is 19.9 Å². The Labute approximate surface area is 218 Å². The molecule has 4 rings (SSSR count). The van der Waals surface area contributed by atoms with Gasteiger partial charge in [-0.3, -0.25) is 9.69 Å². The molecule has 1 amide bonds. The maximum absolute atomic E-state index is 13.3. The monoisotopic (exact) mass is 536 g/mol. The van der Waals surface area contributed by atoms with E-state index in [0.717, 1.165) is 17.0 Å². The van der Waals surface area contributed by atoms with Gasteiger partial charge in [0.15, 0.2) is 11.7 Å². The quantitative estimate of drug-likeness (QED) is 0.252. The molecule has 0 unspecified atom stereocenters. The van der Waals surface area contributed by atoms with E-state index in [2.05, 4.69) is 4.98 Å². The standard InChI is InChI=1S/C24H25ClN4O4S.ClH/c1-3-32-17-5-7-18(8-6-17)33-15-21(30)29(13-4-12-28-14-11-26-16-28)24-27-22-20(31-2)10-9-19(25)23(22)34-24;/h5-11,14,16H,3-4,12-13,15H2,1-2H3;1H. The number of aromatic nitrogens is 3. The van der Waals surface area contributed by atoms with Crippen LogP contribution in [0.5, 0.6) is 17.2 Å². The van der Waals surface area contributed by atoms with Crippen molar-refractivity contribution in [1.29, 1.82) is 0 Å². The van der Waals surface area contributed by atoms with Crippen LogP contribution >= 0.6 is 35.3 Å². The number of ether oxygens (including phenoxy) is 3. The molecule has 0 bridgehead atoms. The van der Waals surface area contributed by atoms with Crippen LogP contribution in [-0.2, 0) is 11.3 Å². The number of anilines is 1. The molecule has 0 aliphatic rings. The Hall–Kier alpha value is -3.01. The number of benzene rings is 2. The normalized spacial score (nSPS) is 10.6. The van der Waals surface area contributed by atoms with E-state index in [4.69, 9.17) is 30.8 Å². The third-order valence-electron chi connectivity index (χ3n) is 5.05. The minimum atomic E-state index is -0.200. The van der Waals surface area contributed by atoms with E-state index in [-0.39, 0.29) is 24.9 Å². The molecule has 2 heterocycles. The Kier molecular flexibility index (Phi) is 9.59. The van der Waals surface area contributed by atoms with Gasteiger partial charge in [0, 0.05) is 25.5 Å². The number of aryl methyl sites for hydroxylation is 1. The van der Waals surface area contributed by atoms with E-state index in [1.807, 2.05) is 29.8 Å². The van der Waals surface area contributed by atoms with Crippen LogP contribution in [0.15, 0.2) is 55.1 Å². The molecule has 11 heteroatoms. The van der Waals surface area contributed by atoms with E-state index in [0.29, 0.717) is 46.7 Å². The van der Waals surface area contributed by atoms with Crippen molar-refractivity contribution in [3.8, 4) is 17.2 Å². The molecule has 2 aromatic carbocycles. The summed E-state index contributed by atoms with van der Waals surface area (Å²) in [4.78, 5) is 23.7. The number of imidazole rings is 1. The van der Waals surface area contributed by atoms with Crippen molar-refractivity contribution in [1.82, 2.24) is 14.5 Å². The first-order valence-electron chi connectivity index (χ1n) is 10.8. The highest BCUT2D eigenvalue weighted by Gasteiger charge is 2.22. The van der Waals surface area contributed by atoms with E-state index in [1.54, 1.807) is 48.8 Å². The predicted octanol–water partition coefficient (Wildman–Crippen LogP) is 5.48. The Morgan fingerprint density at radius 3 is 2.54 bits per heavy atom. The zero-order valence-corrected chi connectivity index (χ0v) is 21.7.